The third kappa shape index (κ3) is 2.64. The predicted octanol–water partition coefficient (Wildman–Crippen LogP) is 3.19. The molecule has 1 heterocycles. The molecule has 2 aromatic rings. The Morgan fingerprint density at radius 3 is 2.76 bits per heavy atom. The molecule has 1 aromatic carbocycles. The monoisotopic (exact) mass is 228 g/mol. The van der Waals surface area contributed by atoms with E-state index in [0.29, 0.717) is 11.8 Å². The van der Waals surface area contributed by atoms with E-state index in [9.17, 15) is 0 Å². The van der Waals surface area contributed by atoms with Crippen LogP contribution in [0.3, 0.4) is 0 Å². The maximum Gasteiger partial charge on any atom is 0.0702 e. The van der Waals surface area contributed by atoms with Crippen LogP contribution < -0.4 is 5.32 Å². The van der Waals surface area contributed by atoms with Crippen LogP contribution in [0.1, 0.15) is 25.3 Å². The summed E-state index contributed by atoms with van der Waals surface area (Å²) in [7, 11) is 2.01. The SMILES string of the molecule is CNCC(c1ccc2ncccc2c1)C(C)C. The van der Waals surface area contributed by atoms with E-state index in [4.69, 9.17) is 0 Å². The zero-order valence-corrected chi connectivity index (χ0v) is 10.8. The van der Waals surface area contributed by atoms with Crippen LogP contribution in [0.2, 0.25) is 0 Å². The molecule has 0 aliphatic rings. The highest BCUT2D eigenvalue weighted by atomic mass is 14.8. The fourth-order valence-electron chi connectivity index (χ4n) is 2.28. The third-order valence-corrected chi connectivity index (χ3v) is 3.28. The van der Waals surface area contributed by atoms with Gasteiger partial charge in [0.05, 0.1) is 5.52 Å². The summed E-state index contributed by atoms with van der Waals surface area (Å²) in [6.07, 6.45) is 1.84. The second kappa shape index (κ2) is 5.28. The Morgan fingerprint density at radius 1 is 1.24 bits per heavy atom. The maximum absolute atomic E-state index is 4.36. The highest BCUT2D eigenvalue weighted by Crippen LogP contribution is 2.26. The minimum Gasteiger partial charge on any atom is -0.319 e. The van der Waals surface area contributed by atoms with Crippen LogP contribution in [0, 0.1) is 5.92 Å². The molecule has 1 N–H and O–H groups in total. The van der Waals surface area contributed by atoms with Crippen molar-refractivity contribution >= 4 is 10.9 Å². The predicted molar refractivity (Wildman–Crippen MR) is 73.2 cm³/mol. The highest BCUT2D eigenvalue weighted by Gasteiger charge is 2.15. The Morgan fingerprint density at radius 2 is 2.06 bits per heavy atom. The second-order valence-corrected chi connectivity index (χ2v) is 4.86. The molecule has 17 heavy (non-hydrogen) atoms. The number of benzene rings is 1. The van der Waals surface area contributed by atoms with Crippen LogP contribution in [-0.4, -0.2) is 18.6 Å². The molecular formula is C15H20N2. The molecule has 0 saturated heterocycles. The molecular weight excluding hydrogens is 208 g/mol. The van der Waals surface area contributed by atoms with Crippen LogP contribution in [0.5, 0.6) is 0 Å². The molecule has 1 unspecified atom stereocenters. The summed E-state index contributed by atoms with van der Waals surface area (Å²) in [5.41, 5.74) is 2.47. The van der Waals surface area contributed by atoms with Crippen molar-refractivity contribution in [2.24, 2.45) is 5.92 Å². The van der Waals surface area contributed by atoms with Crippen molar-refractivity contribution in [1.29, 1.82) is 0 Å². The van der Waals surface area contributed by atoms with E-state index in [1.165, 1.54) is 10.9 Å². The van der Waals surface area contributed by atoms with E-state index in [0.717, 1.165) is 12.1 Å². The molecule has 0 saturated carbocycles. The van der Waals surface area contributed by atoms with Gasteiger partial charge in [-0.1, -0.05) is 26.0 Å². The number of fused-ring (bicyclic) bond motifs is 1. The fourth-order valence-corrected chi connectivity index (χ4v) is 2.28. The second-order valence-electron chi connectivity index (χ2n) is 4.86. The molecule has 0 aliphatic heterocycles. The number of likely N-dealkylation sites (N-methyl/N-ethyl adjacent to an activating group) is 1. The first-order valence-electron chi connectivity index (χ1n) is 6.21. The van der Waals surface area contributed by atoms with Gasteiger partial charge in [-0.3, -0.25) is 4.98 Å². The van der Waals surface area contributed by atoms with Crippen LogP contribution in [0.15, 0.2) is 36.5 Å². The Hall–Kier alpha value is -1.41. The molecule has 90 valence electrons. The summed E-state index contributed by atoms with van der Waals surface area (Å²) in [5, 5.41) is 4.51. The van der Waals surface area contributed by atoms with Gasteiger partial charge in [-0.05, 0) is 42.6 Å². The summed E-state index contributed by atoms with van der Waals surface area (Å²) in [5.74, 6) is 1.20. The minimum absolute atomic E-state index is 0.560. The van der Waals surface area contributed by atoms with Gasteiger partial charge in [0, 0.05) is 18.1 Å². The van der Waals surface area contributed by atoms with E-state index in [2.05, 4.69) is 48.4 Å². The largest absolute Gasteiger partial charge is 0.319 e. The molecule has 1 atom stereocenters. The molecule has 2 heteroatoms. The lowest BCUT2D eigenvalue weighted by Gasteiger charge is -2.21. The van der Waals surface area contributed by atoms with Crippen molar-refractivity contribution in [1.82, 2.24) is 10.3 Å². The van der Waals surface area contributed by atoms with Gasteiger partial charge in [0.1, 0.15) is 0 Å². The first kappa shape index (κ1) is 12.1. The molecule has 2 nitrogen and oxygen atoms in total. The Balaban J connectivity index is 2.40. The lowest BCUT2D eigenvalue weighted by molar-refractivity contribution is 0.479. The van der Waals surface area contributed by atoms with Crippen molar-refractivity contribution in [3.05, 3.63) is 42.1 Å². The summed E-state index contributed by atoms with van der Waals surface area (Å²) in [6, 6.07) is 10.7. The minimum atomic E-state index is 0.560. The van der Waals surface area contributed by atoms with Crippen LogP contribution >= 0.6 is 0 Å². The van der Waals surface area contributed by atoms with Crippen molar-refractivity contribution in [3.63, 3.8) is 0 Å². The Kier molecular flexibility index (Phi) is 3.75. The molecule has 1 aromatic heterocycles. The van der Waals surface area contributed by atoms with Gasteiger partial charge < -0.3 is 5.32 Å². The molecule has 0 fully saturated rings. The number of nitrogens with zero attached hydrogens (tertiary/aromatic N) is 1. The Labute approximate surface area is 103 Å². The fraction of sp³-hybridized carbons (Fsp3) is 0.400. The van der Waals surface area contributed by atoms with E-state index < -0.39 is 0 Å². The molecule has 0 aliphatic carbocycles. The molecule has 0 spiro atoms. The van der Waals surface area contributed by atoms with Crippen LogP contribution in [-0.2, 0) is 0 Å². The van der Waals surface area contributed by atoms with E-state index in [1.807, 2.05) is 19.3 Å². The normalized spacial score (nSPS) is 13.2. The number of hydrogen-bond donors (Lipinski definition) is 1. The maximum atomic E-state index is 4.36. The van der Waals surface area contributed by atoms with E-state index in [-0.39, 0.29) is 0 Å². The standard InChI is InChI=1S/C15H20N2/c1-11(2)14(10-16-3)12-6-7-15-13(9-12)5-4-8-17-15/h4-9,11,14,16H,10H2,1-3H3. The van der Waals surface area contributed by atoms with Gasteiger partial charge in [0.25, 0.3) is 0 Å². The zero-order valence-electron chi connectivity index (χ0n) is 10.8. The summed E-state index contributed by atoms with van der Waals surface area (Å²) in [6.45, 7) is 5.56. The Bertz CT molecular complexity index is 491. The molecule has 0 amide bonds. The first-order valence-corrected chi connectivity index (χ1v) is 6.21. The van der Waals surface area contributed by atoms with E-state index in [1.54, 1.807) is 0 Å². The average Bonchev–Trinajstić information content (AvgIpc) is 2.35. The van der Waals surface area contributed by atoms with Gasteiger partial charge in [-0.15, -0.1) is 0 Å². The van der Waals surface area contributed by atoms with Crippen LogP contribution in [0.4, 0.5) is 0 Å². The van der Waals surface area contributed by atoms with Crippen molar-refractivity contribution in [2.45, 2.75) is 19.8 Å². The van der Waals surface area contributed by atoms with Gasteiger partial charge in [-0.25, -0.2) is 0 Å². The van der Waals surface area contributed by atoms with Gasteiger partial charge in [0.15, 0.2) is 0 Å². The number of aromatic nitrogens is 1. The zero-order chi connectivity index (χ0) is 12.3. The molecule has 0 radical (unpaired) electrons. The molecule has 2 rings (SSSR count). The van der Waals surface area contributed by atoms with Gasteiger partial charge in [0.2, 0.25) is 0 Å². The average molecular weight is 228 g/mol. The number of hydrogen-bond acceptors (Lipinski definition) is 2. The van der Waals surface area contributed by atoms with Crippen molar-refractivity contribution in [3.8, 4) is 0 Å². The van der Waals surface area contributed by atoms with Crippen molar-refractivity contribution < 1.29 is 0 Å². The van der Waals surface area contributed by atoms with Crippen molar-refractivity contribution in [2.75, 3.05) is 13.6 Å². The first-order chi connectivity index (χ1) is 8.22. The quantitative estimate of drug-likeness (QED) is 0.869. The smallest absolute Gasteiger partial charge is 0.0702 e. The number of pyridine rings is 1. The lowest BCUT2D eigenvalue weighted by Crippen LogP contribution is -2.21. The molecule has 0 bridgehead atoms. The van der Waals surface area contributed by atoms with Gasteiger partial charge >= 0.3 is 0 Å². The van der Waals surface area contributed by atoms with Gasteiger partial charge in [-0.2, -0.15) is 0 Å². The highest BCUT2D eigenvalue weighted by molar-refractivity contribution is 5.79. The summed E-state index contributed by atoms with van der Waals surface area (Å²) >= 11 is 0. The topological polar surface area (TPSA) is 24.9 Å². The van der Waals surface area contributed by atoms with E-state index >= 15 is 0 Å². The summed E-state index contributed by atoms with van der Waals surface area (Å²) in [4.78, 5) is 4.36. The summed E-state index contributed by atoms with van der Waals surface area (Å²) < 4.78 is 0. The van der Waals surface area contributed by atoms with Crippen LogP contribution in [0.25, 0.3) is 10.9 Å². The lowest BCUT2D eigenvalue weighted by atomic mass is 9.88. The third-order valence-electron chi connectivity index (χ3n) is 3.28. The number of nitrogens with one attached hydrogen (secondary N) is 1. The number of rotatable bonds is 4.